The minimum Gasteiger partial charge on any atom is -0.490 e. The van der Waals surface area contributed by atoms with Gasteiger partial charge >= 0.3 is 22.1 Å². The largest absolute Gasteiger partial charge is 0.490 e. The van der Waals surface area contributed by atoms with Gasteiger partial charge in [-0.05, 0) is 196 Å². The Bertz CT molecular complexity index is 3990. The lowest BCUT2D eigenvalue weighted by atomic mass is 9.68. The summed E-state index contributed by atoms with van der Waals surface area (Å²) in [6.45, 7) is 11.9. The third-order valence-corrected chi connectivity index (χ3v) is 24.6. The van der Waals surface area contributed by atoms with E-state index in [2.05, 4.69) is 62.4 Å². The Hall–Kier alpha value is -6.83. The van der Waals surface area contributed by atoms with Crippen LogP contribution in [0.2, 0.25) is 10.0 Å². The van der Waals surface area contributed by atoms with Gasteiger partial charge in [0.05, 0.1) is 75.9 Å². The summed E-state index contributed by atoms with van der Waals surface area (Å²) in [4.78, 5) is 62.4. The van der Waals surface area contributed by atoms with Crippen molar-refractivity contribution in [2.24, 2.45) is 23.7 Å². The highest BCUT2D eigenvalue weighted by atomic mass is 35.5. The molecule has 0 unspecified atom stereocenters. The van der Waals surface area contributed by atoms with Crippen LogP contribution in [0.5, 0.6) is 11.5 Å². The molecule has 9 aliphatic rings. The van der Waals surface area contributed by atoms with E-state index in [1.54, 1.807) is 37.9 Å². The number of hydrogen-bond donors (Lipinski definition) is 4. The number of benzene rings is 4. The summed E-state index contributed by atoms with van der Waals surface area (Å²) in [5.41, 5.74) is 5.05. The van der Waals surface area contributed by atoms with Crippen LogP contribution in [0.15, 0.2) is 109 Å². The minimum absolute atomic E-state index is 0.0514. The van der Waals surface area contributed by atoms with Crippen LogP contribution in [0.4, 0.5) is 20.2 Å². The van der Waals surface area contributed by atoms with Crippen molar-refractivity contribution in [1.29, 1.82) is 0 Å². The van der Waals surface area contributed by atoms with Gasteiger partial charge in [-0.15, -0.1) is 0 Å². The lowest BCUT2D eigenvalue weighted by Gasteiger charge is -2.46. The molecule has 2 amide bonds. The van der Waals surface area contributed by atoms with Crippen LogP contribution in [0.25, 0.3) is 0 Å². The van der Waals surface area contributed by atoms with Crippen molar-refractivity contribution in [1.82, 2.24) is 24.1 Å². The predicted octanol–water partition coefficient (Wildman–Crippen LogP) is 10.9. The molecule has 20 nitrogen and oxygen atoms in total. The Morgan fingerprint density at radius 1 is 0.748 bits per heavy atom. The van der Waals surface area contributed by atoms with Gasteiger partial charge in [-0.25, -0.2) is 18.3 Å². The molecule has 558 valence electrons. The van der Waals surface area contributed by atoms with Crippen molar-refractivity contribution in [3.05, 3.63) is 153 Å². The van der Waals surface area contributed by atoms with Crippen molar-refractivity contribution in [3.8, 4) is 11.5 Å². The number of rotatable bonds is 12. The normalized spacial score (nSPS) is 29.2. The molecule has 0 aromatic heterocycles. The summed E-state index contributed by atoms with van der Waals surface area (Å²) in [6, 6.07) is 22.7. The quantitative estimate of drug-likeness (QED) is 0.0763. The smallest absolute Gasteiger partial charge is 0.329 e. The van der Waals surface area contributed by atoms with Gasteiger partial charge in [0.15, 0.2) is 5.60 Å². The van der Waals surface area contributed by atoms with E-state index in [0.717, 1.165) is 117 Å². The number of alkyl halides is 2. The number of carboxylic acid groups (broad SMARTS) is 1. The molecule has 4 aromatic rings. The second-order valence-electron chi connectivity index (χ2n) is 30.5. The number of aliphatic carboxylic acids is 1. The number of hydrogen-bond acceptors (Lipinski definition) is 16. The van der Waals surface area contributed by atoms with Crippen molar-refractivity contribution in [2.45, 2.75) is 150 Å². The van der Waals surface area contributed by atoms with Crippen LogP contribution < -0.4 is 28.7 Å². The number of amides is 2. The van der Waals surface area contributed by atoms with E-state index < -0.39 is 63.3 Å². The first-order valence-electron chi connectivity index (χ1n) is 36.4. The summed E-state index contributed by atoms with van der Waals surface area (Å²) < 4.78 is 88.4. The number of fused-ring (bicyclic) bond motifs is 8. The number of esters is 1. The summed E-state index contributed by atoms with van der Waals surface area (Å²) in [5.74, 6) is -4.10. The Labute approximate surface area is 614 Å². The zero-order valence-corrected chi connectivity index (χ0v) is 62.0. The number of likely N-dealkylation sites (tertiary alicyclic amines) is 1. The first-order valence-corrected chi connectivity index (χ1v) is 38.6. The van der Waals surface area contributed by atoms with Gasteiger partial charge in [0.2, 0.25) is 5.91 Å². The molecule has 3 fully saturated rings. The number of methoxy groups -OCH3 is 1. The van der Waals surface area contributed by atoms with E-state index >= 15 is 0 Å². The number of allylic oxidation sites excluding steroid dienone is 1. The van der Waals surface area contributed by atoms with Crippen LogP contribution in [0.3, 0.4) is 0 Å². The number of aryl methyl sites for hydroxylation is 2. The topological polar surface area (TPSA) is 229 Å². The zero-order valence-electron chi connectivity index (χ0n) is 59.7. The lowest BCUT2D eigenvalue weighted by Crippen LogP contribution is -2.57. The standard InChI is InChI=1S/C41H54ClF2N5O7S.C37H45ClN2O6/c1-27(2)45-57(53,54)46-38(51)41(52)21-37(50)47(3)16-5-4-8-35(55-18-17-48-24-40(43,44)25-48)32-12-9-29(32)22-49-23-39(26-56-36-14-10-30(41)20-34(36)49)15-6-7-28-19-31(42)11-13-33(28)39;1-24-17-30(36(43)44-3)25-10-14-34-32(19-25)40(22-37(23-46-34)15-6-7-26-18-28(38)11-13-31(26)37)20-27-9-12-29(27)33(45-21-35(41)42)8-4-5-16-39(24)2/h4,8,10-11,13-14,19-20,27,29,32,35,45,52H,5-7,9,12,15-18,21-26H2,1-3H3,(H,46,51);4,8,10-11,13-14,18-19,27,29-30,33H,1,5-7,9,12,15-17,20-23H2,2-3H3,(H,41,42)/b2*8-4+/t29-,32+,35-,39-,41+;27-,29+,30+,33-,37-/m00/s1. The van der Waals surface area contributed by atoms with E-state index in [-0.39, 0.29) is 73.2 Å². The summed E-state index contributed by atoms with van der Waals surface area (Å²) in [5, 5.41) is 23.2. The summed E-state index contributed by atoms with van der Waals surface area (Å²) >= 11 is 12.9. The minimum atomic E-state index is -4.39. The molecule has 4 aliphatic carbocycles. The highest BCUT2D eigenvalue weighted by Gasteiger charge is 2.50. The molecular weight excluding hydrogens is 1380 g/mol. The Morgan fingerprint density at radius 2 is 1.30 bits per heavy atom. The molecule has 4 N–H and O–H groups in total. The number of carbonyl (C=O) groups is 4. The fraction of sp³-hybridized carbons (Fsp3) is 0.564. The third kappa shape index (κ3) is 17.2. The number of nitrogens with zero attached hydrogens (tertiary/aromatic N) is 5. The van der Waals surface area contributed by atoms with Gasteiger partial charge in [-0.1, -0.05) is 78.4 Å². The molecule has 5 heterocycles. The number of nitrogens with one attached hydrogen (secondary N) is 2. The number of anilines is 2. The fourth-order valence-corrected chi connectivity index (χ4v) is 18.5. The maximum atomic E-state index is 14.0. The highest BCUT2D eigenvalue weighted by Crippen LogP contribution is 2.51. The van der Waals surface area contributed by atoms with Gasteiger partial charge in [-0.2, -0.15) is 13.1 Å². The predicted molar refractivity (Wildman–Crippen MR) is 392 cm³/mol. The molecule has 25 heteroatoms. The third-order valence-electron chi connectivity index (χ3n) is 22.9. The summed E-state index contributed by atoms with van der Waals surface area (Å²) in [6.07, 6.45) is 18.0. The number of aliphatic hydroxyl groups is 1. The van der Waals surface area contributed by atoms with E-state index in [4.69, 9.17) is 46.9 Å². The first kappa shape index (κ1) is 75.8. The molecule has 13 rings (SSSR count). The van der Waals surface area contributed by atoms with E-state index in [9.17, 15) is 46.6 Å². The average Bonchev–Trinajstić information content (AvgIpc) is 1.70. The monoisotopic (exact) mass is 1480 g/mol. The summed E-state index contributed by atoms with van der Waals surface area (Å²) in [7, 11) is 0.592. The molecule has 10 atom stereocenters. The number of halogens is 4. The van der Waals surface area contributed by atoms with E-state index in [1.165, 1.54) is 34.8 Å². The molecule has 103 heavy (non-hydrogen) atoms. The van der Waals surface area contributed by atoms with Crippen LogP contribution in [-0.4, -0.2) is 188 Å². The molecule has 2 spiro atoms. The Kier molecular flexibility index (Phi) is 23.3. The lowest BCUT2D eigenvalue weighted by molar-refractivity contribution is -0.148. The van der Waals surface area contributed by atoms with Crippen molar-refractivity contribution < 1.29 is 70.3 Å². The van der Waals surface area contributed by atoms with Crippen LogP contribution >= 0.6 is 23.2 Å². The van der Waals surface area contributed by atoms with Crippen LogP contribution in [0.1, 0.15) is 130 Å². The van der Waals surface area contributed by atoms with Crippen molar-refractivity contribution in [3.63, 3.8) is 0 Å². The van der Waals surface area contributed by atoms with Gasteiger partial charge < -0.3 is 53.5 Å². The fourth-order valence-electron chi connectivity index (χ4n) is 17.1. The SMILES string of the molecule is C=C1C[C@@H](C(=O)OC)c2ccc3c(c2)N(C[C@@H]2CC[C@H]2[C@@H](OCC(=O)O)/C=C/CCN1C)C[C@@]1(CCCc2cc(Cl)ccc21)CO3.CC(C)NS(=O)(=O)NC(=O)[C@@]1(O)CC(=O)N(C)CC/C=C/[C@H](OCCN2CC(F)(F)C2)[C@@H]2CC[C@H]2CN2C[C@@]3(CCCc4cc(Cl)ccc43)COc3ccc1cc32. The second kappa shape index (κ2) is 31.7. The number of ether oxygens (including phenoxy) is 5. The van der Waals surface area contributed by atoms with Gasteiger partial charge in [0.25, 0.3) is 11.8 Å². The average molecular weight is 1480 g/mol. The second-order valence-corrected chi connectivity index (χ2v) is 32.8. The molecular formula is C78H99Cl2F2N7O13S. The Balaban J connectivity index is 0.000000199. The molecule has 4 aromatic carbocycles. The van der Waals surface area contributed by atoms with Crippen LogP contribution in [0, 0.1) is 23.7 Å². The van der Waals surface area contributed by atoms with Gasteiger partial charge in [-0.3, -0.25) is 19.3 Å². The first-order chi connectivity index (χ1) is 49.1. The number of carboxylic acids is 1. The Morgan fingerprint density at radius 3 is 1.83 bits per heavy atom. The van der Waals surface area contributed by atoms with E-state index in [0.29, 0.717) is 81.2 Å². The number of carbonyl (C=O) groups excluding carboxylic acids is 3. The van der Waals surface area contributed by atoms with Gasteiger partial charge in [0.1, 0.15) is 18.1 Å². The van der Waals surface area contributed by atoms with Gasteiger partial charge in [0, 0.05) is 98.9 Å². The molecule has 4 bridgehead atoms. The molecule has 1 saturated heterocycles. The maximum absolute atomic E-state index is 14.0. The maximum Gasteiger partial charge on any atom is 0.329 e. The van der Waals surface area contributed by atoms with Crippen molar-refractivity contribution in [2.75, 3.05) is 116 Å². The highest BCUT2D eigenvalue weighted by molar-refractivity contribution is 7.88. The van der Waals surface area contributed by atoms with Crippen molar-refractivity contribution >= 4 is 68.5 Å². The molecule has 5 aliphatic heterocycles. The van der Waals surface area contributed by atoms with Crippen LogP contribution in [-0.2, 0) is 72.9 Å². The van der Waals surface area contributed by atoms with E-state index in [1.807, 2.05) is 54.3 Å². The molecule has 0 radical (unpaired) electrons. The molecule has 2 saturated carbocycles. The zero-order chi connectivity index (χ0) is 73.2.